The van der Waals surface area contributed by atoms with E-state index in [4.69, 9.17) is 4.74 Å². The van der Waals surface area contributed by atoms with E-state index in [0.717, 1.165) is 0 Å². The lowest BCUT2D eigenvalue weighted by atomic mass is 10.1. The van der Waals surface area contributed by atoms with Gasteiger partial charge in [-0.25, -0.2) is 0 Å². The maximum Gasteiger partial charge on any atom is 0.232 e. The number of carbonyl (C=O) groups excluding carboxylic acids is 2. The Hall–Kier alpha value is -1.69. The molecule has 104 valence electrons. The molecule has 0 aliphatic carbocycles. The van der Waals surface area contributed by atoms with Crippen molar-refractivity contribution in [1.29, 1.82) is 0 Å². The number of hydrogen-bond donors (Lipinski definition) is 1. The highest BCUT2D eigenvalue weighted by Crippen LogP contribution is 2.14. The molecule has 1 aromatic rings. The number of hydrogen-bond acceptors (Lipinski definition) is 4. The molecule has 1 rings (SSSR count). The molecule has 0 aromatic heterocycles. The smallest absolute Gasteiger partial charge is 0.232 e. The fourth-order valence-corrected chi connectivity index (χ4v) is 2.46. The van der Waals surface area contributed by atoms with Gasteiger partial charge in [-0.1, -0.05) is 0 Å². The number of rotatable bonds is 6. The zero-order chi connectivity index (χ0) is 14.4. The Morgan fingerprint density at radius 3 is 2.37 bits per heavy atom. The minimum atomic E-state index is -1.53. The molecule has 5 nitrogen and oxygen atoms in total. The predicted octanol–water partition coefficient (Wildman–Crippen LogP) is 0.761. The molecular weight excluding hydrogens is 266 g/mol. The number of methoxy groups -OCH3 is 1. The van der Waals surface area contributed by atoms with Crippen LogP contribution in [0.15, 0.2) is 24.3 Å². The Balaban J connectivity index is 2.75. The van der Waals surface area contributed by atoms with E-state index in [1.165, 1.54) is 14.2 Å². The fraction of sp³-hybridized carbons (Fsp3) is 0.385. The van der Waals surface area contributed by atoms with Crippen molar-refractivity contribution in [2.24, 2.45) is 0 Å². The van der Waals surface area contributed by atoms with E-state index in [1.807, 2.05) is 0 Å². The number of ketones is 1. The van der Waals surface area contributed by atoms with Crippen molar-refractivity contribution in [3.63, 3.8) is 0 Å². The summed E-state index contributed by atoms with van der Waals surface area (Å²) in [6.45, 7) is 1.56. The van der Waals surface area contributed by atoms with Gasteiger partial charge in [-0.05, 0) is 31.2 Å². The minimum absolute atomic E-state index is 0.167. The third-order valence-corrected chi connectivity index (χ3v) is 4.24. The summed E-state index contributed by atoms with van der Waals surface area (Å²) < 4.78 is 16.9. The van der Waals surface area contributed by atoms with Crippen molar-refractivity contribution >= 4 is 22.5 Å². The van der Waals surface area contributed by atoms with Crippen molar-refractivity contribution < 1.29 is 18.5 Å². The molecule has 1 N–H and O–H groups in total. The first-order chi connectivity index (χ1) is 8.99. The second-order valence-electron chi connectivity index (χ2n) is 3.93. The molecule has 0 radical (unpaired) electrons. The summed E-state index contributed by atoms with van der Waals surface area (Å²) in [6, 6.07) is 6.58. The zero-order valence-electron chi connectivity index (χ0n) is 11.1. The molecule has 1 amide bonds. The summed E-state index contributed by atoms with van der Waals surface area (Å²) in [4.78, 5) is 23.2. The number of nitrogens with one attached hydrogen (secondary N) is 1. The van der Waals surface area contributed by atoms with Gasteiger partial charge in [-0.3, -0.25) is 13.8 Å². The van der Waals surface area contributed by atoms with Gasteiger partial charge in [0.15, 0.2) is 5.78 Å². The van der Waals surface area contributed by atoms with E-state index in [-0.39, 0.29) is 17.4 Å². The Bertz CT molecular complexity index is 484. The Labute approximate surface area is 114 Å². The molecule has 6 heteroatoms. The van der Waals surface area contributed by atoms with Gasteiger partial charge in [-0.15, -0.1) is 0 Å². The van der Waals surface area contributed by atoms with Crippen LogP contribution in [0.5, 0.6) is 5.75 Å². The summed E-state index contributed by atoms with van der Waals surface area (Å²) in [7, 11) is 1.48. The van der Waals surface area contributed by atoms with E-state index in [1.54, 1.807) is 31.2 Å². The van der Waals surface area contributed by atoms with Gasteiger partial charge in [0, 0.05) is 23.4 Å². The molecule has 0 saturated heterocycles. The number of carbonyl (C=O) groups is 2. The van der Waals surface area contributed by atoms with Gasteiger partial charge in [0.25, 0.3) is 0 Å². The van der Waals surface area contributed by atoms with E-state index in [2.05, 4.69) is 5.32 Å². The van der Waals surface area contributed by atoms with E-state index in [0.29, 0.717) is 11.3 Å². The highest BCUT2D eigenvalue weighted by molar-refractivity contribution is 7.87. The minimum Gasteiger partial charge on any atom is -0.497 e. The number of ether oxygens (including phenoxy) is 1. The fourth-order valence-electron chi connectivity index (χ4n) is 1.44. The highest BCUT2D eigenvalue weighted by atomic mass is 32.2. The summed E-state index contributed by atoms with van der Waals surface area (Å²) >= 11 is 0. The first kappa shape index (κ1) is 15.4. The van der Waals surface area contributed by atoms with Crippen LogP contribution in [0.3, 0.4) is 0 Å². The quantitative estimate of drug-likeness (QED) is 0.782. The molecule has 0 aliphatic rings. The molecule has 1 aromatic carbocycles. The van der Waals surface area contributed by atoms with Gasteiger partial charge in [0.05, 0.1) is 12.4 Å². The van der Waals surface area contributed by atoms with Crippen molar-refractivity contribution in [3.05, 3.63) is 29.8 Å². The van der Waals surface area contributed by atoms with Crippen LogP contribution in [-0.2, 0) is 15.6 Å². The van der Waals surface area contributed by atoms with Crippen molar-refractivity contribution in [1.82, 2.24) is 5.32 Å². The molecule has 2 atom stereocenters. The monoisotopic (exact) mass is 283 g/mol. The summed E-state index contributed by atoms with van der Waals surface area (Å²) in [5, 5.41) is 1.67. The summed E-state index contributed by atoms with van der Waals surface area (Å²) in [5.41, 5.74) is 0.457. The zero-order valence-corrected chi connectivity index (χ0v) is 12.0. The molecule has 19 heavy (non-hydrogen) atoms. The molecule has 2 unspecified atom stereocenters. The second kappa shape index (κ2) is 7.04. The lowest BCUT2D eigenvalue weighted by Crippen LogP contribution is -2.31. The van der Waals surface area contributed by atoms with Crippen LogP contribution in [0, 0.1) is 0 Å². The van der Waals surface area contributed by atoms with E-state index >= 15 is 0 Å². The molecule has 0 aliphatic heterocycles. The van der Waals surface area contributed by atoms with Crippen LogP contribution in [0.1, 0.15) is 17.3 Å². The van der Waals surface area contributed by atoms with Crippen molar-refractivity contribution in [3.8, 4) is 5.75 Å². The first-order valence-electron chi connectivity index (χ1n) is 5.75. The van der Waals surface area contributed by atoms with Crippen LogP contribution in [-0.4, -0.2) is 41.1 Å². The Morgan fingerprint density at radius 1 is 1.32 bits per heavy atom. The lowest BCUT2D eigenvalue weighted by molar-refractivity contribution is -0.118. The second-order valence-corrected chi connectivity index (χ2v) is 5.69. The molecular formula is C13H17NO4S. The third kappa shape index (κ3) is 4.17. The third-order valence-electron chi connectivity index (χ3n) is 2.69. The standard InChI is InChI=1S/C13H17NO4S/c1-9(19(17)8-12(15)14-2)13(16)10-4-6-11(18-3)7-5-10/h4-7,9H,8H2,1-3H3,(H,14,15). The summed E-state index contributed by atoms with van der Waals surface area (Å²) in [6.07, 6.45) is 0. The lowest BCUT2D eigenvalue weighted by Gasteiger charge is -2.10. The predicted molar refractivity (Wildman–Crippen MR) is 73.9 cm³/mol. The van der Waals surface area contributed by atoms with Gasteiger partial charge in [0.2, 0.25) is 5.91 Å². The van der Waals surface area contributed by atoms with Crippen LogP contribution in [0.25, 0.3) is 0 Å². The van der Waals surface area contributed by atoms with E-state index in [9.17, 15) is 13.8 Å². The van der Waals surface area contributed by atoms with Gasteiger partial charge in [0.1, 0.15) is 11.5 Å². The largest absolute Gasteiger partial charge is 0.497 e. The molecule has 0 saturated carbocycles. The average Bonchev–Trinajstić information content (AvgIpc) is 2.45. The van der Waals surface area contributed by atoms with Crippen LogP contribution < -0.4 is 10.1 Å². The van der Waals surface area contributed by atoms with Crippen molar-refractivity contribution in [2.45, 2.75) is 12.2 Å². The normalized spacial score (nSPS) is 13.4. The van der Waals surface area contributed by atoms with E-state index < -0.39 is 16.0 Å². The van der Waals surface area contributed by atoms with Gasteiger partial charge in [-0.2, -0.15) is 0 Å². The van der Waals surface area contributed by atoms with Crippen molar-refractivity contribution in [2.75, 3.05) is 19.9 Å². The molecule has 0 bridgehead atoms. The van der Waals surface area contributed by atoms with Gasteiger partial charge >= 0.3 is 0 Å². The summed E-state index contributed by atoms with van der Waals surface area (Å²) in [5.74, 6) is -0.104. The Kier molecular flexibility index (Phi) is 5.69. The average molecular weight is 283 g/mol. The number of benzene rings is 1. The number of amides is 1. The molecule has 0 spiro atoms. The highest BCUT2D eigenvalue weighted by Gasteiger charge is 2.23. The molecule has 0 heterocycles. The maximum atomic E-state index is 12.1. The molecule has 0 fully saturated rings. The topological polar surface area (TPSA) is 72.5 Å². The first-order valence-corrected chi connectivity index (χ1v) is 7.13. The van der Waals surface area contributed by atoms with Crippen LogP contribution in [0.4, 0.5) is 0 Å². The maximum absolute atomic E-state index is 12.1. The van der Waals surface area contributed by atoms with Crippen LogP contribution in [0.2, 0.25) is 0 Å². The number of Topliss-reactive ketones (excluding diaryl/α,β-unsaturated/α-hetero) is 1. The Morgan fingerprint density at radius 2 is 1.89 bits per heavy atom. The van der Waals surface area contributed by atoms with Gasteiger partial charge < -0.3 is 10.1 Å². The SMILES string of the molecule is CNC(=O)CS(=O)C(C)C(=O)c1ccc(OC)cc1. The van der Waals surface area contributed by atoms with Crippen LogP contribution >= 0.6 is 0 Å².